The topological polar surface area (TPSA) is 39.6 Å². The van der Waals surface area contributed by atoms with E-state index in [1.807, 2.05) is 0 Å². The lowest BCUT2D eigenvalue weighted by molar-refractivity contribution is 0.166. The maximum atomic E-state index is 6.02. The molecule has 0 aliphatic carbocycles. The van der Waals surface area contributed by atoms with E-state index < -0.39 is 0 Å². The van der Waals surface area contributed by atoms with Gasteiger partial charge in [-0.2, -0.15) is 0 Å². The van der Waals surface area contributed by atoms with Crippen molar-refractivity contribution in [2.75, 3.05) is 6.73 Å². The van der Waals surface area contributed by atoms with Crippen LogP contribution in [-0.4, -0.2) is 6.73 Å². The minimum Gasteiger partial charge on any atom is -0.284 e. The van der Waals surface area contributed by atoms with Crippen LogP contribution in [-0.2, 0) is 4.84 Å². The van der Waals surface area contributed by atoms with E-state index in [0.717, 1.165) is 0 Å². The van der Waals surface area contributed by atoms with Crippen molar-refractivity contribution < 1.29 is 4.84 Å². The van der Waals surface area contributed by atoms with Gasteiger partial charge in [0.15, 0.2) is 0 Å². The highest BCUT2D eigenvalue weighted by atomic mass is 16.6. The number of hydrogen-bond acceptors (Lipinski definition) is 2. The molecule has 2 N–H and O–H groups in total. The fourth-order valence-corrected chi connectivity index (χ4v) is 0.0373. The summed E-state index contributed by atoms with van der Waals surface area (Å²) in [6.07, 6.45) is 0. The van der Waals surface area contributed by atoms with Gasteiger partial charge in [0.05, 0.1) is 0 Å². The van der Waals surface area contributed by atoms with Crippen molar-refractivity contribution in [2.24, 2.45) is 5.90 Å². The average Bonchev–Trinajstić information content (AvgIpc) is 1.41. The van der Waals surface area contributed by atoms with Crippen molar-refractivity contribution >= 4 is 0 Å². The predicted octanol–water partition coefficient (Wildman–Crippen LogP) is -0.247. The molecule has 3 nitrogen and oxygen atoms in total. The van der Waals surface area contributed by atoms with Gasteiger partial charge in [0.2, 0.25) is 0 Å². The normalized spacial score (nSPS) is 6.40. The highest BCUT2D eigenvalue weighted by Gasteiger charge is 1.65. The average molecular weight is 72.1 g/mol. The van der Waals surface area contributed by atoms with Gasteiger partial charge in [-0.1, -0.05) is 0 Å². The van der Waals surface area contributed by atoms with Crippen LogP contribution in [0.5, 0.6) is 0 Å². The summed E-state index contributed by atoms with van der Waals surface area (Å²) in [5, 5.41) is 0. The summed E-state index contributed by atoms with van der Waals surface area (Å²) in [5.41, 5.74) is 0. The van der Waals surface area contributed by atoms with Crippen LogP contribution in [0.2, 0.25) is 0 Å². The minimum absolute atomic E-state index is 0.0417. The Kier molecular flexibility index (Phi) is 3.01. The molecule has 0 rings (SSSR count). The lowest BCUT2D eigenvalue weighted by Crippen LogP contribution is -1.94. The Morgan fingerprint density at radius 3 is 2.60 bits per heavy atom. The summed E-state index contributed by atoms with van der Waals surface area (Å²) in [7, 11) is 0. The molecule has 0 aromatic carbocycles. The van der Waals surface area contributed by atoms with E-state index in [-0.39, 0.29) is 6.73 Å². The molecule has 0 fully saturated rings. The van der Waals surface area contributed by atoms with Crippen molar-refractivity contribution in [1.82, 2.24) is 0 Å². The number of nitrogens with two attached hydrogens (primary N) is 1. The number of hydrogen-bond donors (Lipinski definition) is 1. The predicted molar refractivity (Wildman–Crippen MR) is 16.7 cm³/mol. The fraction of sp³-hybridized carbons (Fsp3) is 0.500. The van der Waals surface area contributed by atoms with Crippen LogP contribution in [0.3, 0.4) is 0 Å². The Morgan fingerprint density at radius 2 is 2.60 bits per heavy atom. The second-order valence-electron chi connectivity index (χ2n) is 0.454. The van der Waals surface area contributed by atoms with Crippen LogP contribution in [0.15, 0.2) is 0 Å². The smallest absolute Gasteiger partial charge is 0.284 e. The van der Waals surface area contributed by atoms with Gasteiger partial charge in [0.1, 0.15) is 0 Å². The maximum Gasteiger partial charge on any atom is 0.333 e. The molecule has 0 aromatic rings. The highest BCUT2D eigenvalue weighted by Crippen LogP contribution is 1.56. The van der Waals surface area contributed by atoms with Crippen molar-refractivity contribution in [3.63, 3.8) is 0 Å². The lowest BCUT2D eigenvalue weighted by atomic mass is 11.3. The molecule has 0 spiro atoms. The second-order valence-corrected chi connectivity index (χ2v) is 0.454. The van der Waals surface area contributed by atoms with Gasteiger partial charge >= 0.3 is 6.73 Å². The van der Waals surface area contributed by atoms with E-state index in [1.165, 1.54) is 0 Å². The molecule has 0 amide bonds. The number of nitrogens with zero attached hydrogens (tertiary/aromatic N) is 1. The quantitative estimate of drug-likeness (QED) is 0.343. The molecule has 0 aliphatic rings. The largest absolute Gasteiger partial charge is 0.333 e. The van der Waals surface area contributed by atoms with E-state index >= 15 is 0 Å². The summed E-state index contributed by atoms with van der Waals surface area (Å²) in [5.74, 6) is 4.43. The van der Waals surface area contributed by atoms with Gasteiger partial charge in [-0.25, -0.2) is 17.3 Å². The molecule has 3 heteroatoms. The van der Waals surface area contributed by atoms with E-state index in [9.17, 15) is 0 Å². The van der Waals surface area contributed by atoms with Crippen LogP contribution < -0.4 is 5.90 Å². The third kappa shape index (κ3) is 3.41. The highest BCUT2D eigenvalue weighted by molar-refractivity contribution is 4.41. The molecule has 0 saturated heterocycles. The molecule has 0 bridgehead atoms. The third-order valence-corrected chi connectivity index (χ3v) is 0.139. The molecule has 0 unspecified atom stereocenters. The molecule has 0 heterocycles. The van der Waals surface area contributed by atoms with Crippen molar-refractivity contribution in [3.05, 3.63) is 11.4 Å². The summed E-state index contributed by atoms with van der Waals surface area (Å²) in [6, 6.07) is 0. The molecule has 0 saturated carbocycles. The molecular weight excluding hydrogens is 68.0 g/mol. The molecule has 0 atom stereocenters. The zero-order chi connectivity index (χ0) is 4.12. The fourth-order valence-electron chi connectivity index (χ4n) is 0.0373. The van der Waals surface area contributed by atoms with E-state index in [1.54, 1.807) is 0 Å². The van der Waals surface area contributed by atoms with Gasteiger partial charge in [0, 0.05) is 0 Å². The summed E-state index contributed by atoms with van der Waals surface area (Å²) < 4.78 is 0. The Hall–Kier alpha value is -0.590. The Morgan fingerprint density at radius 1 is 2.00 bits per heavy atom. The first-order valence-corrected chi connectivity index (χ1v) is 1.06. The molecule has 0 aromatic heterocycles. The van der Waals surface area contributed by atoms with E-state index in [0.29, 0.717) is 0 Å². The van der Waals surface area contributed by atoms with Crippen LogP contribution >= 0.6 is 0 Å². The molecular formula is C2H4N2O. The third-order valence-electron chi connectivity index (χ3n) is 0.139. The molecule has 5 heavy (non-hydrogen) atoms. The standard InChI is InChI=1S/C2H4N2O/c1-4-2-5-3/h2-3H2. The van der Waals surface area contributed by atoms with Gasteiger partial charge in [-0.05, 0) is 0 Å². The zero-order valence-corrected chi connectivity index (χ0v) is 2.64. The first-order chi connectivity index (χ1) is 2.41. The Bertz CT molecular complexity index is 46.1. The van der Waals surface area contributed by atoms with Crippen LogP contribution in [0.25, 0.3) is 4.85 Å². The summed E-state index contributed by atoms with van der Waals surface area (Å²) >= 11 is 0. The molecule has 0 radical (unpaired) electrons. The zero-order valence-electron chi connectivity index (χ0n) is 2.64. The Labute approximate surface area is 30.1 Å². The monoisotopic (exact) mass is 72.0 g/mol. The summed E-state index contributed by atoms with van der Waals surface area (Å²) in [4.78, 5) is 6.59. The van der Waals surface area contributed by atoms with Crippen molar-refractivity contribution in [1.29, 1.82) is 0 Å². The van der Waals surface area contributed by atoms with Gasteiger partial charge in [-0.15, -0.1) is 0 Å². The van der Waals surface area contributed by atoms with Gasteiger partial charge in [0.25, 0.3) is 0 Å². The van der Waals surface area contributed by atoms with Crippen molar-refractivity contribution in [3.8, 4) is 0 Å². The van der Waals surface area contributed by atoms with Crippen LogP contribution in [0.1, 0.15) is 0 Å². The van der Waals surface area contributed by atoms with E-state index in [4.69, 9.17) is 6.57 Å². The molecule has 0 aliphatic heterocycles. The lowest BCUT2D eigenvalue weighted by Gasteiger charge is -1.71. The minimum atomic E-state index is -0.0417. The first kappa shape index (κ1) is 4.41. The SMILES string of the molecule is [C-]#[N+]CON. The first-order valence-electron chi connectivity index (χ1n) is 1.06. The van der Waals surface area contributed by atoms with Gasteiger partial charge in [-0.3, -0.25) is 4.85 Å². The van der Waals surface area contributed by atoms with Crippen LogP contribution in [0.4, 0.5) is 0 Å². The van der Waals surface area contributed by atoms with E-state index in [2.05, 4.69) is 15.6 Å². The maximum absolute atomic E-state index is 6.02. The second kappa shape index (κ2) is 3.41. The van der Waals surface area contributed by atoms with Crippen LogP contribution in [0, 0.1) is 6.57 Å². The van der Waals surface area contributed by atoms with Crippen molar-refractivity contribution in [2.45, 2.75) is 0 Å². The summed E-state index contributed by atoms with van der Waals surface area (Å²) in [6.45, 7) is 5.98. The number of rotatable bonds is 1. The van der Waals surface area contributed by atoms with Gasteiger partial charge < -0.3 is 0 Å². The Balaban J connectivity index is 2.48. The molecule has 28 valence electrons.